The third kappa shape index (κ3) is 3.39. The highest BCUT2D eigenvalue weighted by atomic mass is 32.2. The lowest BCUT2D eigenvalue weighted by atomic mass is 10.2. The minimum absolute atomic E-state index is 0.0177. The van der Waals surface area contributed by atoms with Gasteiger partial charge in [-0.2, -0.15) is 0 Å². The number of hydrogen-bond donors (Lipinski definition) is 1. The Kier molecular flexibility index (Phi) is 4.79. The molecule has 0 radical (unpaired) electrons. The van der Waals surface area contributed by atoms with Gasteiger partial charge in [-0.1, -0.05) is 36.4 Å². The predicted octanol–water partition coefficient (Wildman–Crippen LogP) is 2.70. The summed E-state index contributed by atoms with van der Waals surface area (Å²) in [4.78, 5) is 10.7. The van der Waals surface area contributed by atoms with Crippen LogP contribution in [0.2, 0.25) is 0 Å². The molecular weight excluding hydrogens is 274 g/mol. The van der Waals surface area contributed by atoms with Crippen molar-refractivity contribution < 1.29 is 9.90 Å². The number of thioether (sulfide) groups is 1. The molecule has 0 aliphatic heterocycles. The zero-order valence-electron chi connectivity index (χ0n) is 11.5. The third-order valence-electron chi connectivity index (χ3n) is 2.79. The van der Waals surface area contributed by atoms with Crippen LogP contribution in [0.15, 0.2) is 29.4 Å². The van der Waals surface area contributed by atoms with Crippen molar-refractivity contribution >= 4 is 17.7 Å². The first-order chi connectivity index (χ1) is 9.61. The fourth-order valence-electron chi connectivity index (χ4n) is 1.86. The summed E-state index contributed by atoms with van der Waals surface area (Å²) >= 11 is 1.19. The zero-order chi connectivity index (χ0) is 14.5. The number of aliphatic carboxylic acids is 1. The highest BCUT2D eigenvalue weighted by Gasteiger charge is 2.14. The molecular formula is C14H17N3O2S. The lowest BCUT2D eigenvalue weighted by Gasteiger charge is -2.09. The molecule has 6 heteroatoms. The summed E-state index contributed by atoms with van der Waals surface area (Å²) < 4.78 is 1.94. The Morgan fingerprint density at radius 3 is 2.60 bits per heavy atom. The zero-order valence-corrected chi connectivity index (χ0v) is 12.4. The standard InChI is InChI=1S/C14H17N3O2S/c1-3-4-12-15-16-14(20-9-13(18)19)17(12)11-7-5-10(2)6-8-11/h5-8H,3-4,9H2,1-2H3,(H,18,19). The predicted molar refractivity (Wildman–Crippen MR) is 78.5 cm³/mol. The molecule has 0 amide bonds. The molecule has 1 heterocycles. The van der Waals surface area contributed by atoms with Gasteiger partial charge >= 0.3 is 5.97 Å². The molecule has 0 atom stereocenters. The first-order valence-corrected chi connectivity index (χ1v) is 7.46. The van der Waals surface area contributed by atoms with Gasteiger partial charge < -0.3 is 5.11 Å². The average Bonchev–Trinajstić information content (AvgIpc) is 2.81. The van der Waals surface area contributed by atoms with Gasteiger partial charge in [0.05, 0.1) is 5.75 Å². The molecule has 0 bridgehead atoms. The molecule has 20 heavy (non-hydrogen) atoms. The Balaban J connectivity index is 2.38. The van der Waals surface area contributed by atoms with Crippen molar-refractivity contribution in [2.45, 2.75) is 31.8 Å². The van der Waals surface area contributed by atoms with E-state index in [2.05, 4.69) is 17.1 Å². The molecule has 0 aliphatic carbocycles. The van der Waals surface area contributed by atoms with Gasteiger partial charge in [-0.05, 0) is 25.5 Å². The van der Waals surface area contributed by atoms with Crippen LogP contribution < -0.4 is 0 Å². The van der Waals surface area contributed by atoms with Gasteiger partial charge in [0.25, 0.3) is 0 Å². The van der Waals surface area contributed by atoms with Crippen LogP contribution in [0.1, 0.15) is 24.7 Å². The van der Waals surface area contributed by atoms with Gasteiger partial charge in [-0.3, -0.25) is 9.36 Å². The molecule has 0 unspecified atom stereocenters. The van der Waals surface area contributed by atoms with E-state index < -0.39 is 5.97 Å². The first-order valence-electron chi connectivity index (χ1n) is 6.47. The molecule has 2 aromatic rings. The van der Waals surface area contributed by atoms with Crippen molar-refractivity contribution in [3.8, 4) is 5.69 Å². The van der Waals surface area contributed by atoms with Crippen LogP contribution in [-0.4, -0.2) is 31.6 Å². The summed E-state index contributed by atoms with van der Waals surface area (Å²) in [6.07, 6.45) is 1.78. The lowest BCUT2D eigenvalue weighted by molar-refractivity contribution is -0.133. The molecule has 2 rings (SSSR count). The maximum absolute atomic E-state index is 10.7. The van der Waals surface area contributed by atoms with Crippen molar-refractivity contribution in [2.75, 3.05) is 5.75 Å². The van der Waals surface area contributed by atoms with E-state index in [0.717, 1.165) is 24.4 Å². The van der Waals surface area contributed by atoms with E-state index in [0.29, 0.717) is 5.16 Å². The molecule has 1 aromatic heterocycles. The van der Waals surface area contributed by atoms with Gasteiger partial charge in [0.15, 0.2) is 5.16 Å². The normalized spacial score (nSPS) is 10.7. The van der Waals surface area contributed by atoms with Crippen molar-refractivity contribution in [1.29, 1.82) is 0 Å². The van der Waals surface area contributed by atoms with Gasteiger partial charge in [0.2, 0.25) is 0 Å². The number of hydrogen-bond acceptors (Lipinski definition) is 4. The third-order valence-corrected chi connectivity index (χ3v) is 3.70. The smallest absolute Gasteiger partial charge is 0.313 e. The minimum atomic E-state index is -0.856. The fraction of sp³-hybridized carbons (Fsp3) is 0.357. The number of aryl methyl sites for hydroxylation is 2. The summed E-state index contributed by atoms with van der Waals surface area (Å²) in [5.74, 6) is -0.00872. The van der Waals surface area contributed by atoms with Gasteiger partial charge in [0.1, 0.15) is 5.82 Å². The van der Waals surface area contributed by atoms with Gasteiger partial charge in [-0.15, -0.1) is 10.2 Å². The topological polar surface area (TPSA) is 68.0 Å². The molecule has 1 aromatic carbocycles. The van der Waals surface area contributed by atoms with Gasteiger partial charge in [-0.25, -0.2) is 0 Å². The Hall–Kier alpha value is -1.82. The van der Waals surface area contributed by atoms with E-state index in [4.69, 9.17) is 5.11 Å². The van der Waals surface area contributed by atoms with E-state index in [1.54, 1.807) is 0 Å². The highest BCUT2D eigenvalue weighted by molar-refractivity contribution is 7.99. The van der Waals surface area contributed by atoms with Crippen LogP contribution in [0.25, 0.3) is 5.69 Å². The fourth-order valence-corrected chi connectivity index (χ4v) is 2.55. The number of benzene rings is 1. The SMILES string of the molecule is CCCc1nnc(SCC(=O)O)n1-c1ccc(C)cc1. The van der Waals surface area contributed by atoms with Crippen LogP contribution in [-0.2, 0) is 11.2 Å². The second-order valence-corrected chi connectivity index (χ2v) is 5.44. The van der Waals surface area contributed by atoms with Crippen LogP contribution in [0.5, 0.6) is 0 Å². The quantitative estimate of drug-likeness (QED) is 0.829. The molecule has 1 N–H and O–H groups in total. The number of rotatable bonds is 6. The molecule has 0 aliphatic rings. The summed E-state index contributed by atoms with van der Waals surface area (Å²) in [7, 11) is 0. The monoisotopic (exact) mass is 291 g/mol. The van der Waals surface area contributed by atoms with E-state index in [1.165, 1.54) is 17.3 Å². The van der Waals surface area contributed by atoms with Crippen molar-refractivity contribution in [1.82, 2.24) is 14.8 Å². The Morgan fingerprint density at radius 1 is 1.30 bits per heavy atom. The minimum Gasteiger partial charge on any atom is -0.481 e. The van der Waals surface area contributed by atoms with E-state index in [-0.39, 0.29) is 5.75 Å². The first kappa shape index (κ1) is 14.6. The molecule has 106 valence electrons. The average molecular weight is 291 g/mol. The molecule has 5 nitrogen and oxygen atoms in total. The Labute approximate surface area is 122 Å². The van der Waals surface area contributed by atoms with Crippen LogP contribution >= 0.6 is 11.8 Å². The molecule has 0 saturated heterocycles. The number of aromatic nitrogens is 3. The maximum Gasteiger partial charge on any atom is 0.313 e. The summed E-state index contributed by atoms with van der Waals surface area (Å²) in [5.41, 5.74) is 2.15. The van der Waals surface area contributed by atoms with Crippen molar-refractivity contribution in [3.63, 3.8) is 0 Å². The summed E-state index contributed by atoms with van der Waals surface area (Å²) in [6, 6.07) is 8.05. The second-order valence-electron chi connectivity index (χ2n) is 4.50. The van der Waals surface area contributed by atoms with Crippen molar-refractivity contribution in [3.05, 3.63) is 35.7 Å². The molecule has 0 spiro atoms. The van der Waals surface area contributed by atoms with E-state index >= 15 is 0 Å². The van der Waals surface area contributed by atoms with E-state index in [1.807, 2.05) is 35.8 Å². The number of carboxylic acid groups (broad SMARTS) is 1. The molecule has 0 fully saturated rings. The summed E-state index contributed by atoms with van der Waals surface area (Å²) in [5, 5.41) is 17.7. The van der Waals surface area contributed by atoms with Crippen LogP contribution in [0, 0.1) is 6.92 Å². The largest absolute Gasteiger partial charge is 0.481 e. The number of carboxylic acids is 1. The van der Waals surface area contributed by atoms with Gasteiger partial charge in [0, 0.05) is 12.1 Å². The van der Waals surface area contributed by atoms with E-state index in [9.17, 15) is 4.79 Å². The highest BCUT2D eigenvalue weighted by Crippen LogP contribution is 2.22. The lowest BCUT2D eigenvalue weighted by Crippen LogP contribution is -2.05. The Morgan fingerprint density at radius 2 is 2.00 bits per heavy atom. The maximum atomic E-state index is 10.7. The number of carbonyl (C=O) groups is 1. The number of nitrogens with zero attached hydrogens (tertiary/aromatic N) is 3. The van der Waals surface area contributed by atoms with Crippen LogP contribution in [0.3, 0.4) is 0 Å². The molecule has 0 saturated carbocycles. The second kappa shape index (κ2) is 6.56. The Bertz CT molecular complexity index is 593. The van der Waals surface area contributed by atoms with Crippen molar-refractivity contribution in [2.24, 2.45) is 0 Å². The van der Waals surface area contributed by atoms with Crippen LogP contribution in [0.4, 0.5) is 0 Å². The summed E-state index contributed by atoms with van der Waals surface area (Å²) in [6.45, 7) is 4.11.